The zero-order valence-electron chi connectivity index (χ0n) is 15.0. The Morgan fingerprint density at radius 2 is 1.88 bits per heavy atom. The number of aryl methyl sites for hydroxylation is 1. The van der Waals surface area contributed by atoms with Crippen molar-refractivity contribution in [3.8, 4) is 11.1 Å². The Morgan fingerprint density at radius 3 is 2.58 bits per heavy atom. The average Bonchev–Trinajstić information content (AvgIpc) is 2.60. The summed E-state index contributed by atoms with van der Waals surface area (Å²) < 4.78 is 5.41. The van der Waals surface area contributed by atoms with Crippen LogP contribution < -0.4 is 10.5 Å². The van der Waals surface area contributed by atoms with Gasteiger partial charge in [-0.05, 0) is 30.2 Å². The minimum Gasteiger partial charge on any atom is -0.481 e. The standard InChI is InChI=1S/C21H21NO4/c1-13-6-4-5-7-16(13)18-11-20(23)26-19-10-15(8-9-17(18)19)22(3)12-14(2)21(24)25/h4-11,14H,12H2,1-3H3,(H,24,25)/t14-/m1/s1. The maximum absolute atomic E-state index is 12.1. The van der Waals surface area contributed by atoms with E-state index in [9.17, 15) is 9.59 Å². The SMILES string of the molecule is Cc1ccccc1-c1cc(=O)oc2cc(N(C)C[C@@H](C)C(=O)O)ccc12. The summed E-state index contributed by atoms with van der Waals surface area (Å²) in [5.74, 6) is -1.34. The van der Waals surface area contributed by atoms with Crippen molar-refractivity contribution in [2.24, 2.45) is 5.92 Å². The Balaban J connectivity index is 2.08. The molecule has 0 aliphatic rings. The van der Waals surface area contributed by atoms with E-state index in [1.165, 1.54) is 6.07 Å². The summed E-state index contributed by atoms with van der Waals surface area (Å²) in [6.45, 7) is 4.03. The number of carboxylic acids is 1. The number of hydrogen-bond acceptors (Lipinski definition) is 4. The van der Waals surface area contributed by atoms with Crippen molar-refractivity contribution in [2.45, 2.75) is 13.8 Å². The summed E-state index contributed by atoms with van der Waals surface area (Å²) in [5, 5.41) is 9.94. The summed E-state index contributed by atoms with van der Waals surface area (Å²) in [7, 11) is 1.82. The van der Waals surface area contributed by atoms with Crippen molar-refractivity contribution in [1.82, 2.24) is 0 Å². The van der Waals surface area contributed by atoms with Crippen LogP contribution in [-0.2, 0) is 4.79 Å². The Kier molecular flexibility index (Phi) is 4.80. The third kappa shape index (κ3) is 3.47. The van der Waals surface area contributed by atoms with Gasteiger partial charge in [0.2, 0.25) is 0 Å². The summed E-state index contributed by atoms with van der Waals surface area (Å²) >= 11 is 0. The molecular weight excluding hydrogens is 330 g/mol. The minimum atomic E-state index is -0.842. The topological polar surface area (TPSA) is 70.8 Å². The third-order valence-electron chi connectivity index (χ3n) is 4.57. The predicted molar refractivity (Wildman–Crippen MR) is 103 cm³/mol. The molecule has 1 heterocycles. The second-order valence-corrected chi connectivity index (χ2v) is 6.59. The van der Waals surface area contributed by atoms with Crippen LogP contribution in [0.2, 0.25) is 0 Å². The number of aliphatic carboxylic acids is 1. The summed E-state index contributed by atoms with van der Waals surface area (Å²) in [4.78, 5) is 25.0. The maximum Gasteiger partial charge on any atom is 0.336 e. The molecule has 0 aliphatic carbocycles. The van der Waals surface area contributed by atoms with Gasteiger partial charge in [-0.1, -0.05) is 31.2 Å². The molecule has 0 aliphatic heterocycles. The molecule has 134 valence electrons. The number of anilines is 1. The highest BCUT2D eigenvalue weighted by Gasteiger charge is 2.16. The number of hydrogen-bond donors (Lipinski definition) is 1. The first-order chi connectivity index (χ1) is 12.4. The molecule has 5 heteroatoms. The van der Waals surface area contributed by atoms with E-state index in [0.29, 0.717) is 12.1 Å². The lowest BCUT2D eigenvalue weighted by Crippen LogP contribution is -2.28. The molecule has 26 heavy (non-hydrogen) atoms. The molecule has 1 atom stereocenters. The van der Waals surface area contributed by atoms with E-state index in [0.717, 1.165) is 27.8 Å². The van der Waals surface area contributed by atoms with E-state index in [1.807, 2.05) is 55.3 Å². The van der Waals surface area contributed by atoms with E-state index >= 15 is 0 Å². The van der Waals surface area contributed by atoms with Crippen molar-refractivity contribution < 1.29 is 14.3 Å². The van der Waals surface area contributed by atoms with Gasteiger partial charge in [0, 0.05) is 42.4 Å². The van der Waals surface area contributed by atoms with E-state index < -0.39 is 17.5 Å². The van der Waals surface area contributed by atoms with Gasteiger partial charge in [-0.15, -0.1) is 0 Å². The number of rotatable bonds is 5. The van der Waals surface area contributed by atoms with Crippen LogP contribution in [0.1, 0.15) is 12.5 Å². The lowest BCUT2D eigenvalue weighted by molar-refractivity contribution is -0.140. The molecule has 0 radical (unpaired) electrons. The van der Waals surface area contributed by atoms with Crippen molar-refractivity contribution in [1.29, 1.82) is 0 Å². The Morgan fingerprint density at radius 1 is 1.15 bits per heavy atom. The molecule has 1 N–H and O–H groups in total. The molecule has 0 amide bonds. The fourth-order valence-corrected chi connectivity index (χ4v) is 3.08. The third-order valence-corrected chi connectivity index (χ3v) is 4.57. The maximum atomic E-state index is 12.1. The van der Waals surface area contributed by atoms with Crippen LogP contribution in [0.5, 0.6) is 0 Å². The van der Waals surface area contributed by atoms with Gasteiger partial charge in [-0.25, -0.2) is 4.79 Å². The molecule has 0 spiro atoms. The predicted octanol–water partition coefficient (Wildman–Crippen LogP) is 3.93. The van der Waals surface area contributed by atoms with Gasteiger partial charge in [0.15, 0.2) is 0 Å². The normalized spacial score (nSPS) is 12.1. The van der Waals surface area contributed by atoms with Crippen LogP contribution in [0.25, 0.3) is 22.1 Å². The summed E-state index contributed by atoms with van der Waals surface area (Å²) in [5.41, 5.74) is 3.79. The van der Waals surface area contributed by atoms with Crippen LogP contribution in [-0.4, -0.2) is 24.7 Å². The Hall–Kier alpha value is -3.08. The minimum absolute atomic E-state index is 0.364. The second kappa shape index (κ2) is 7.04. The van der Waals surface area contributed by atoms with Gasteiger partial charge in [0.25, 0.3) is 0 Å². The fourth-order valence-electron chi connectivity index (χ4n) is 3.08. The molecule has 3 aromatic rings. The van der Waals surface area contributed by atoms with Gasteiger partial charge >= 0.3 is 11.6 Å². The smallest absolute Gasteiger partial charge is 0.336 e. The van der Waals surface area contributed by atoms with Gasteiger partial charge in [0.05, 0.1) is 5.92 Å². The molecular formula is C21H21NO4. The number of carboxylic acid groups (broad SMARTS) is 1. The molecule has 3 rings (SSSR count). The molecule has 0 saturated heterocycles. The second-order valence-electron chi connectivity index (χ2n) is 6.59. The highest BCUT2D eigenvalue weighted by atomic mass is 16.4. The van der Waals surface area contributed by atoms with Gasteiger partial charge in [-0.2, -0.15) is 0 Å². The summed E-state index contributed by atoms with van der Waals surface area (Å²) in [6, 6.07) is 15.0. The van der Waals surface area contributed by atoms with Crippen molar-refractivity contribution in [3.05, 3.63) is 64.5 Å². The molecule has 5 nitrogen and oxygen atoms in total. The number of nitrogens with zero attached hydrogens (tertiary/aromatic N) is 1. The van der Waals surface area contributed by atoms with Crippen LogP contribution in [0, 0.1) is 12.8 Å². The monoisotopic (exact) mass is 351 g/mol. The van der Waals surface area contributed by atoms with E-state index in [1.54, 1.807) is 13.0 Å². The van der Waals surface area contributed by atoms with Crippen molar-refractivity contribution in [3.63, 3.8) is 0 Å². The zero-order chi connectivity index (χ0) is 18.8. The first kappa shape index (κ1) is 17.7. The van der Waals surface area contributed by atoms with Crippen molar-refractivity contribution in [2.75, 3.05) is 18.5 Å². The quantitative estimate of drug-likeness (QED) is 0.705. The lowest BCUT2D eigenvalue weighted by atomic mass is 9.98. The number of benzene rings is 2. The molecule has 0 unspecified atom stereocenters. The largest absolute Gasteiger partial charge is 0.481 e. The lowest BCUT2D eigenvalue weighted by Gasteiger charge is -2.22. The van der Waals surface area contributed by atoms with E-state index in [2.05, 4.69) is 0 Å². The Labute approximate surface area is 151 Å². The first-order valence-electron chi connectivity index (χ1n) is 8.44. The highest BCUT2D eigenvalue weighted by Crippen LogP contribution is 2.31. The average molecular weight is 351 g/mol. The molecule has 0 saturated carbocycles. The van der Waals surface area contributed by atoms with Crippen molar-refractivity contribution >= 4 is 22.6 Å². The number of fused-ring (bicyclic) bond motifs is 1. The first-order valence-corrected chi connectivity index (χ1v) is 8.44. The van der Waals surface area contributed by atoms with Crippen LogP contribution >= 0.6 is 0 Å². The molecule has 2 aromatic carbocycles. The molecule has 1 aromatic heterocycles. The Bertz CT molecular complexity index is 1020. The number of carbonyl (C=O) groups is 1. The van der Waals surface area contributed by atoms with E-state index in [4.69, 9.17) is 9.52 Å². The van der Waals surface area contributed by atoms with E-state index in [-0.39, 0.29) is 0 Å². The highest BCUT2D eigenvalue weighted by molar-refractivity contribution is 5.95. The van der Waals surface area contributed by atoms with Crippen LogP contribution in [0.3, 0.4) is 0 Å². The fraction of sp³-hybridized carbons (Fsp3) is 0.238. The van der Waals surface area contributed by atoms with Crippen LogP contribution in [0.15, 0.2) is 57.7 Å². The summed E-state index contributed by atoms with van der Waals surface area (Å²) in [6.07, 6.45) is 0. The molecule has 0 fully saturated rings. The van der Waals surface area contributed by atoms with Gasteiger partial charge in [-0.3, -0.25) is 4.79 Å². The van der Waals surface area contributed by atoms with Gasteiger partial charge < -0.3 is 14.4 Å². The zero-order valence-corrected chi connectivity index (χ0v) is 15.0. The molecule has 0 bridgehead atoms. The van der Waals surface area contributed by atoms with Crippen LogP contribution in [0.4, 0.5) is 5.69 Å². The van der Waals surface area contributed by atoms with Gasteiger partial charge in [0.1, 0.15) is 5.58 Å².